The molecular weight excluding hydrogens is 316 g/mol. The van der Waals surface area contributed by atoms with E-state index in [9.17, 15) is 4.79 Å². The third-order valence-electron chi connectivity index (χ3n) is 4.28. The van der Waals surface area contributed by atoms with Gasteiger partial charge in [0.15, 0.2) is 5.69 Å². The average molecular weight is 334 g/mol. The summed E-state index contributed by atoms with van der Waals surface area (Å²) in [7, 11) is 0. The van der Waals surface area contributed by atoms with Crippen molar-refractivity contribution in [1.82, 2.24) is 15.4 Å². The monoisotopic (exact) mass is 334 g/mol. The lowest BCUT2D eigenvalue weighted by Gasteiger charge is -2.02. The van der Waals surface area contributed by atoms with E-state index in [1.54, 1.807) is 0 Å². The molecular formula is C15H18N4O3S. The minimum Gasteiger partial charge on any atom is -0.371 e. The zero-order chi connectivity index (χ0) is 15.6. The molecule has 0 spiro atoms. The van der Waals surface area contributed by atoms with Crippen molar-refractivity contribution < 1.29 is 14.1 Å². The van der Waals surface area contributed by atoms with Gasteiger partial charge >= 0.3 is 0 Å². The summed E-state index contributed by atoms with van der Waals surface area (Å²) in [5.41, 5.74) is 1.33. The molecule has 3 heterocycles. The highest BCUT2D eigenvalue weighted by molar-refractivity contribution is 7.15. The molecule has 2 aromatic heterocycles. The van der Waals surface area contributed by atoms with Crippen LogP contribution in [0.15, 0.2) is 4.52 Å². The number of fused-ring (bicyclic) bond motifs is 1. The number of nitrogens with zero attached hydrogens (tertiary/aromatic N) is 3. The van der Waals surface area contributed by atoms with Gasteiger partial charge in [0.05, 0.1) is 0 Å². The first-order valence-corrected chi connectivity index (χ1v) is 8.86. The van der Waals surface area contributed by atoms with Crippen molar-refractivity contribution in [3.05, 3.63) is 22.0 Å². The summed E-state index contributed by atoms with van der Waals surface area (Å²) in [6.07, 6.45) is 7.03. The number of aryl methyl sites for hydroxylation is 1. The summed E-state index contributed by atoms with van der Waals surface area (Å²) in [6.45, 7) is 0.761. The van der Waals surface area contributed by atoms with Crippen molar-refractivity contribution in [3.63, 3.8) is 0 Å². The number of carbonyl (C=O) groups excluding carboxylic acids is 1. The predicted octanol–water partition coefficient (Wildman–Crippen LogP) is 2.90. The van der Waals surface area contributed by atoms with Crippen LogP contribution in [0, 0.1) is 0 Å². The summed E-state index contributed by atoms with van der Waals surface area (Å²) in [6, 6.07) is 0. The van der Waals surface area contributed by atoms with Crippen LogP contribution in [-0.4, -0.2) is 27.9 Å². The lowest BCUT2D eigenvalue weighted by Crippen LogP contribution is -2.14. The maximum absolute atomic E-state index is 12.5. The van der Waals surface area contributed by atoms with Gasteiger partial charge in [-0.2, -0.15) is 0 Å². The number of rotatable bonds is 3. The van der Waals surface area contributed by atoms with Crippen LogP contribution >= 0.6 is 11.3 Å². The van der Waals surface area contributed by atoms with Crippen molar-refractivity contribution in [3.8, 4) is 0 Å². The lowest BCUT2D eigenvalue weighted by atomic mass is 10.1. The molecule has 4 rings (SSSR count). The summed E-state index contributed by atoms with van der Waals surface area (Å²) in [5, 5.41) is 16.2. The highest BCUT2D eigenvalue weighted by Crippen LogP contribution is 2.32. The molecule has 1 amide bonds. The number of aromatic nitrogens is 3. The molecule has 1 saturated heterocycles. The Labute approximate surface area is 137 Å². The van der Waals surface area contributed by atoms with Gasteiger partial charge in [0.1, 0.15) is 16.9 Å². The molecule has 1 atom stereocenters. The largest absolute Gasteiger partial charge is 0.371 e. The predicted molar refractivity (Wildman–Crippen MR) is 83.6 cm³/mol. The van der Waals surface area contributed by atoms with Crippen LogP contribution in [0.3, 0.4) is 0 Å². The first-order chi connectivity index (χ1) is 11.3. The standard InChI is InChI=1S/C15H18N4O3S/c20-13(12-9-5-2-1-3-6-10(9)22-19-12)16-15-18-17-14(23-15)11-7-4-8-21-11/h11H,1-8H2,(H,16,18,20). The molecule has 1 aliphatic carbocycles. The second-order valence-electron chi connectivity index (χ2n) is 5.89. The van der Waals surface area contributed by atoms with E-state index in [0.717, 1.165) is 67.9 Å². The van der Waals surface area contributed by atoms with Gasteiger partial charge < -0.3 is 9.26 Å². The molecule has 0 radical (unpaired) electrons. The topological polar surface area (TPSA) is 90.1 Å². The molecule has 8 heteroatoms. The number of hydrogen-bond donors (Lipinski definition) is 1. The van der Waals surface area contributed by atoms with Crippen LogP contribution in [0.2, 0.25) is 0 Å². The molecule has 0 aromatic carbocycles. The third kappa shape index (κ3) is 3.00. The number of nitrogens with one attached hydrogen (secondary N) is 1. The second kappa shape index (κ2) is 6.37. The minimum atomic E-state index is -0.271. The van der Waals surface area contributed by atoms with E-state index in [4.69, 9.17) is 9.26 Å². The van der Waals surface area contributed by atoms with Crippen molar-refractivity contribution in [1.29, 1.82) is 0 Å². The first kappa shape index (κ1) is 14.8. The van der Waals surface area contributed by atoms with Gasteiger partial charge in [0.25, 0.3) is 5.91 Å². The Morgan fingerprint density at radius 3 is 2.96 bits per heavy atom. The molecule has 2 aromatic rings. The van der Waals surface area contributed by atoms with E-state index in [1.807, 2.05) is 0 Å². The van der Waals surface area contributed by atoms with Crippen molar-refractivity contribution in [2.45, 2.75) is 51.0 Å². The van der Waals surface area contributed by atoms with Crippen LogP contribution in [-0.2, 0) is 17.6 Å². The van der Waals surface area contributed by atoms with Gasteiger partial charge in [0, 0.05) is 18.6 Å². The van der Waals surface area contributed by atoms with E-state index in [2.05, 4.69) is 20.7 Å². The zero-order valence-electron chi connectivity index (χ0n) is 12.7. The van der Waals surface area contributed by atoms with Gasteiger partial charge in [-0.1, -0.05) is 22.9 Å². The third-order valence-corrected chi connectivity index (χ3v) is 5.21. The molecule has 0 saturated carbocycles. The number of hydrogen-bond acceptors (Lipinski definition) is 7. The fraction of sp³-hybridized carbons (Fsp3) is 0.600. The number of ether oxygens (including phenoxy) is 1. The molecule has 2 aliphatic rings. The molecule has 1 aliphatic heterocycles. The summed E-state index contributed by atoms with van der Waals surface area (Å²) in [4.78, 5) is 12.5. The summed E-state index contributed by atoms with van der Waals surface area (Å²) in [5.74, 6) is 0.580. The quantitative estimate of drug-likeness (QED) is 0.868. The molecule has 1 unspecified atom stereocenters. The minimum absolute atomic E-state index is 0.0153. The van der Waals surface area contributed by atoms with Gasteiger partial charge in [-0.05, 0) is 32.1 Å². The van der Waals surface area contributed by atoms with Gasteiger partial charge in [-0.25, -0.2) is 0 Å². The Morgan fingerprint density at radius 1 is 1.17 bits per heavy atom. The number of carbonyl (C=O) groups is 1. The van der Waals surface area contributed by atoms with Crippen LogP contribution < -0.4 is 5.32 Å². The highest BCUT2D eigenvalue weighted by Gasteiger charge is 2.25. The average Bonchev–Trinajstić information content (AvgIpc) is 3.26. The molecule has 122 valence electrons. The molecule has 1 N–H and O–H groups in total. The Balaban J connectivity index is 1.49. The van der Waals surface area contributed by atoms with Gasteiger partial charge in [-0.3, -0.25) is 10.1 Å². The normalized spacial score (nSPS) is 21.0. The first-order valence-electron chi connectivity index (χ1n) is 8.05. The van der Waals surface area contributed by atoms with Crippen molar-refractivity contribution in [2.24, 2.45) is 0 Å². The van der Waals surface area contributed by atoms with E-state index in [-0.39, 0.29) is 12.0 Å². The maximum atomic E-state index is 12.5. The Kier molecular flexibility index (Phi) is 4.09. The molecule has 23 heavy (non-hydrogen) atoms. The molecule has 7 nitrogen and oxygen atoms in total. The fourth-order valence-corrected chi connectivity index (χ4v) is 3.91. The summed E-state index contributed by atoms with van der Waals surface area (Å²) >= 11 is 1.36. The van der Waals surface area contributed by atoms with Crippen LogP contribution in [0.4, 0.5) is 5.13 Å². The van der Waals surface area contributed by atoms with E-state index in [0.29, 0.717) is 10.8 Å². The molecule has 1 fully saturated rings. The van der Waals surface area contributed by atoms with Crippen LogP contribution in [0.1, 0.15) is 65.0 Å². The SMILES string of the molecule is O=C(Nc1nnc(C2CCCO2)s1)c1noc2c1CCCCC2. The van der Waals surface area contributed by atoms with E-state index >= 15 is 0 Å². The number of amides is 1. The second-order valence-corrected chi connectivity index (χ2v) is 6.90. The Hall–Kier alpha value is -1.80. The zero-order valence-corrected chi connectivity index (χ0v) is 13.5. The van der Waals surface area contributed by atoms with Crippen LogP contribution in [0.25, 0.3) is 0 Å². The van der Waals surface area contributed by atoms with Crippen LogP contribution in [0.5, 0.6) is 0 Å². The van der Waals surface area contributed by atoms with Gasteiger partial charge in [-0.15, -0.1) is 10.2 Å². The highest BCUT2D eigenvalue weighted by atomic mass is 32.1. The number of anilines is 1. The van der Waals surface area contributed by atoms with Crippen molar-refractivity contribution >= 4 is 22.4 Å². The molecule has 0 bridgehead atoms. The Bertz CT molecular complexity index is 705. The summed E-state index contributed by atoms with van der Waals surface area (Å²) < 4.78 is 10.9. The lowest BCUT2D eigenvalue weighted by molar-refractivity contribution is 0.101. The van der Waals surface area contributed by atoms with E-state index in [1.165, 1.54) is 11.3 Å². The maximum Gasteiger partial charge on any atom is 0.279 e. The van der Waals surface area contributed by atoms with E-state index < -0.39 is 0 Å². The van der Waals surface area contributed by atoms with Crippen molar-refractivity contribution in [2.75, 3.05) is 11.9 Å². The Morgan fingerprint density at radius 2 is 2.09 bits per heavy atom. The fourth-order valence-electron chi connectivity index (χ4n) is 3.08. The van der Waals surface area contributed by atoms with Gasteiger partial charge in [0.2, 0.25) is 5.13 Å². The smallest absolute Gasteiger partial charge is 0.279 e.